The van der Waals surface area contributed by atoms with Gasteiger partial charge in [-0.05, 0) is 19.1 Å². The van der Waals surface area contributed by atoms with Crippen LogP contribution in [0.1, 0.15) is 23.2 Å². The van der Waals surface area contributed by atoms with Gasteiger partial charge in [-0.25, -0.2) is 4.98 Å². The highest BCUT2D eigenvalue weighted by Gasteiger charge is 2.27. The van der Waals surface area contributed by atoms with Gasteiger partial charge in [-0.15, -0.1) is 11.3 Å². The zero-order valence-electron chi connectivity index (χ0n) is 12.3. The predicted molar refractivity (Wildman–Crippen MR) is 83.8 cm³/mol. The Labute approximate surface area is 136 Å². The summed E-state index contributed by atoms with van der Waals surface area (Å²) in [6, 6.07) is 3.33. The van der Waals surface area contributed by atoms with E-state index in [0.29, 0.717) is 16.5 Å². The normalized spacial score (nSPS) is 13.5. The van der Waals surface area contributed by atoms with E-state index in [0.717, 1.165) is 0 Å². The van der Waals surface area contributed by atoms with Gasteiger partial charge < -0.3 is 14.8 Å². The number of nitrogens with one attached hydrogen (secondary N) is 1. The van der Waals surface area contributed by atoms with Crippen LogP contribution in [-0.4, -0.2) is 32.5 Å². The smallest absolute Gasteiger partial charge is 0.270 e. The van der Waals surface area contributed by atoms with Crippen molar-refractivity contribution in [1.82, 2.24) is 20.3 Å². The van der Waals surface area contributed by atoms with Crippen molar-refractivity contribution in [2.75, 3.05) is 6.54 Å². The molecule has 3 aromatic rings. The number of aromatic nitrogens is 3. The van der Waals surface area contributed by atoms with Gasteiger partial charge in [0.2, 0.25) is 0 Å². The molecule has 0 saturated carbocycles. The summed E-state index contributed by atoms with van der Waals surface area (Å²) in [6.45, 7) is 1.58. The molecule has 2 N–H and O–H groups in total. The molecule has 118 valence electrons. The highest BCUT2D eigenvalue weighted by Crippen LogP contribution is 2.22. The minimum Gasteiger partial charge on any atom is -0.466 e. The van der Waals surface area contributed by atoms with Crippen LogP contribution in [-0.2, 0) is 5.60 Å². The first-order valence-electron chi connectivity index (χ1n) is 6.83. The molecule has 23 heavy (non-hydrogen) atoms. The molecule has 0 aliphatic carbocycles. The number of nitrogens with zero attached hydrogens (tertiary/aromatic N) is 3. The van der Waals surface area contributed by atoms with Crippen molar-refractivity contribution < 1.29 is 14.3 Å². The first kappa shape index (κ1) is 15.3. The van der Waals surface area contributed by atoms with E-state index in [1.54, 1.807) is 43.0 Å². The first-order chi connectivity index (χ1) is 11.1. The third kappa shape index (κ3) is 3.43. The summed E-state index contributed by atoms with van der Waals surface area (Å²) in [4.78, 5) is 24.5. The molecule has 1 atom stereocenters. The van der Waals surface area contributed by atoms with E-state index in [1.807, 2.05) is 0 Å². The van der Waals surface area contributed by atoms with Crippen molar-refractivity contribution in [2.24, 2.45) is 0 Å². The second kappa shape index (κ2) is 6.27. The summed E-state index contributed by atoms with van der Waals surface area (Å²) in [5.74, 6) is 0.0135. The van der Waals surface area contributed by atoms with E-state index in [-0.39, 0.29) is 18.1 Å². The van der Waals surface area contributed by atoms with E-state index in [9.17, 15) is 9.90 Å². The molecule has 0 spiro atoms. The summed E-state index contributed by atoms with van der Waals surface area (Å²) in [5, 5.41) is 15.2. The highest BCUT2D eigenvalue weighted by molar-refractivity contribution is 7.13. The Balaban J connectivity index is 1.66. The van der Waals surface area contributed by atoms with Crippen molar-refractivity contribution in [1.29, 1.82) is 0 Å². The lowest BCUT2D eigenvalue weighted by Crippen LogP contribution is -2.38. The van der Waals surface area contributed by atoms with Gasteiger partial charge in [0.15, 0.2) is 0 Å². The van der Waals surface area contributed by atoms with E-state index in [1.165, 1.54) is 17.6 Å². The van der Waals surface area contributed by atoms with Gasteiger partial charge in [0.1, 0.15) is 27.8 Å². The van der Waals surface area contributed by atoms with E-state index in [4.69, 9.17) is 4.42 Å². The fraction of sp³-hybridized carbons (Fsp3) is 0.200. The monoisotopic (exact) mass is 330 g/mol. The zero-order chi connectivity index (χ0) is 16.3. The molecule has 0 aliphatic rings. The van der Waals surface area contributed by atoms with Gasteiger partial charge in [-0.2, -0.15) is 0 Å². The van der Waals surface area contributed by atoms with Crippen LogP contribution in [0, 0.1) is 0 Å². The molecular weight excluding hydrogens is 316 g/mol. The molecule has 3 aromatic heterocycles. The lowest BCUT2D eigenvalue weighted by molar-refractivity contribution is 0.0329. The molecule has 0 saturated heterocycles. The maximum absolute atomic E-state index is 12.2. The Hall–Kier alpha value is -2.58. The lowest BCUT2D eigenvalue weighted by atomic mass is 10.0. The average molecular weight is 330 g/mol. The number of carbonyl (C=O) groups excluding carboxylic acids is 1. The number of thiazole rings is 1. The summed E-state index contributed by atoms with van der Waals surface area (Å²) in [7, 11) is 0. The molecule has 3 heterocycles. The number of rotatable bonds is 5. The van der Waals surface area contributed by atoms with Crippen molar-refractivity contribution in [3.05, 3.63) is 53.8 Å². The third-order valence-corrected chi connectivity index (χ3v) is 4.03. The first-order valence-corrected chi connectivity index (χ1v) is 7.71. The average Bonchev–Trinajstić information content (AvgIpc) is 3.25. The van der Waals surface area contributed by atoms with Gasteiger partial charge >= 0.3 is 0 Å². The molecule has 3 rings (SSSR count). The van der Waals surface area contributed by atoms with Crippen LogP contribution in [0.2, 0.25) is 0 Å². The van der Waals surface area contributed by atoms with Crippen molar-refractivity contribution in [3.63, 3.8) is 0 Å². The Morgan fingerprint density at radius 3 is 3.04 bits per heavy atom. The van der Waals surface area contributed by atoms with Crippen LogP contribution in [0.3, 0.4) is 0 Å². The maximum atomic E-state index is 12.2. The Morgan fingerprint density at radius 2 is 2.35 bits per heavy atom. The van der Waals surface area contributed by atoms with Crippen LogP contribution in [0.4, 0.5) is 0 Å². The van der Waals surface area contributed by atoms with Crippen molar-refractivity contribution in [2.45, 2.75) is 12.5 Å². The number of hydrogen-bond acceptors (Lipinski definition) is 7. The van der Waals surface area contributed by atoms with E-state index >= 15 is 0 Å². The van der Waals surface area contributed by atoms with E-state index < -0.39 is 5.60 Å². The molecule has 1 amide bonds. The summed E-state index contributed by atoms with van der Waals surface area (Å²) >= 11 is 1.31. The molecule has 0 radical (unpaired) electrons. The van der Waals surface area contributed by atoms with Crippen LogP contribution in [0.15, 0.2) is 46.8 Å². The summed E-state index contributed by atoms with van der Waals surface area (Å²) in [5.41, 5.74) is -0.409. The molecule has 0 bridgehead atoms. The molecule has 0 aliphatic heterocycles. The minimum atomic E-state index is -1.29. The van der Waals surface area contributed by atoms with Crippen molar-refractivity contribution >= 4 is 17.2 Å². The quantitative estimate of drug-likeness (QED) is 0.740. The van der Waals surface area contributed by atoms with Crippen LogP contribution >= 0.6 is 11.3 Å². The van der Waals surface area contributed by atoms with Crippen LogP contribution in [0.5, 0.6) is 0 Å². The number of aliphatic hydroxyl groups is 1. The highest BCUT2D eigenvalue weighted by atomic mass is 32.1. The zero-order valence-corrected chi connectivity index (χ0v) is 13.1. The largest absolute Gasteiger partial charge is 0.466 e. The van der Waals surface area contributed by atoms with E-state index in [2.05, 4.69) is 20.3 Å². The molecule has 0 aromatic carbocycles. The van der Waals surface area contributed by atoms with Gasteiger partial charge in [-0.3, -0.25) is 14.8 Å². The number of amides is 1. The van der Waals surface area contributed by atoms with Crippen LogP contribution in [0.25, 0.3) is 10.7 Å². The number of carbonyl (C=O) groups is 1. The van der Waals surface area contributed by atoms with Gasteiger partial charge in [0.05, 0.1) is 19.0 Å². The predicted octanol–water partition coefficient (Wildman–Crippen LogP) is 1.83. The molecule has 1 unspecified atom stereocenters. The summed E-state index contributed by atoms with van der Waals surface area (Å²) in [6.07, 6.45) is 6.19. The second-order valence-electron chi connectivity index (χ2n) is 5.06. The van der Waals surface area contributed by atoms with Crippen LogP contribution < -0.4 is 5.32 Å². The molecule has 0 fully saturated rings. The number of furan rings is 1. The molecule has 8 heteroatoms. The molecular formula is C15H14N4O3S. The number of hydrogen-bond donors (Lipinski definition) is 2. The minimum absolute atomic E-state index is 0.0113. The maximum Gasteiger partial charge on any atom is 0.270 e. The van der Waals surface area contributed by atoms with Crippen molar-refractivity contribution in [3.8, 4) is 10.7 Å². The van der Waals surface area contributed by atoms with Gasteiger partial charge in [-0.1, -0.05) is 0 Å². The van der Waals surface area contributed by atoms with Gasteiger partial charge in [0.25, 0.3) is 5.91 Å². The Morgan fingerprint density at radius 1 is 1.48 bits per heavy atom. The fourth-order valence-electron chi connectivity index (χ4n) is 1.92. The van der Waals surface area contributed by atoms with Gasteiger partial charge in [0, 0.05) is 17.8 Å². The SMILES string of the molecule is CC(O)(CNC(=O)c1csc(-c2cnccn2)n1)c1ccco1. The topological polar surface area (TPSA) is 101 Å². The fourth-order valence-corrected chi connectivity index (χ4v) is 2.68. The molecule has 7 nitrogen and oxygen atoms in total. The third-order valence-electron chi connectivity index (χ3n) is 3.16. The lowest BCUT2D eigenvalue weighted by Gasteiger charge is -2.20. The summed E-state index contributed by atoms with van der Waals surface area (Å²) < 4.78 is 5.17. The second-order valence-corrected chi connectivity index (χ2v) is 5.92. The Kier molecular flexibility index (Phi) is 4.18. The standard InChI is InChI=1S/C15H14N4O3S/c1-15(21,12-3-2-6-22-12)9-18-13(20)11-8-23-14(19-11)10-7-16-4-5-17-10/h2-8,21H,9H2,1H3,(H,18,20). The Bertz CT molecular complexity index is 784.